The molecule has 1 fully saturated rings. The van der Waals surface area contributed by atoms with E-state index < -0.39 is 15.8 Å². The third-order valence-corrected chi connectivity index (χ3v) is 8.10. The highest BCUT2D eigenvalue weighted by atomic mass is 32.2. The lowest BCUT2D eigenvalue weighted by Crippen LogP contribution is -2.33. The molecule has 0 aliphatic carbocycles. The SMILES string of the molecule is Cn1c(=O)oc2ccc(S(=O)(=O)N3CCSC(c4ccccc4)CC3)cc21. The second-order valence-electron chi connectivity index (χ2n) is 6.52. The Labute approximate surface area is 161 Å². The largest absolute Gasteiger partial charge is 0.419 e. The Bertz CT molecular complexity index is 1120. The predicted octanol–water partition coefficient (Wildman–Crippen LogP) is 3.00. The van der Waals surface area contributed by atoms with E-state index in [0.717, 1.165) is 12.2 Å². The molecule has 6 nitrogen and oxygen atoms in total. The van der Waals surface area contributed by atoms with Crippen LogP contribution < -0.4 is 5.76 Å². The summed E-state index contributed by atoms with van der Waals surface area (Å²) < 4.78 is 34.2. The highest BCUT2D eigenvalue weighted by Crippen LogP contribution is 2.35. The van der Waals surface area contributed by atoms with Crippen molar-refractivity contribution in [2.75, 3.05) is 18.8 Å². The highest BCUT2D eigenvalue weighted by Gasteiger charge is 2.29. The number of aryl methyl sites for hydroxylation is 1. The molecular weight excluding hydrogens is 384 g/mol. The van der Waals surface area contributed by atoms with E-state index in [1.165, 1.54) is 22.3 Å². The number of sulfonamides is 1. The first-order valence-corrected chi connectivity index (χ1v) is 11.2. The summed E-state index contributed by atoms with van der Waals surface area (Å²) in [6.07, 6.45) is 0.764. The van der Waals surface area contributed by atoms with Gasteiger partial charge in [0.05, 0.1) is 10.4 Å². The second kappa shape index (κ2) is 7.18. The Hall–Kier alpha value is -2.03. The molecule has 1 atom stereocenters. The number of rotatable bonds is 3. The molecule has 3 aromatic rings. The molecule has 0 N–H and O–H groups in total. The van der Waals surface area contributed by atoms with Crippen LogP contribution in [0.5, 0.6) is 0 Å². The minimum absolute atomic E-state index is 0.189. The molecule has 0 saturated carbocycles. The van der Waals surface area contributed by atoms with Crippen molar-refractivity contribution in [3.63, 3.8) is 0 Å². The van der Waals surface area contributed by atoms with Crippen LogP contribution in [0.2, 0.25) is 0 Å². The third kappa shape index (κ3) is 3.44. The van der Waals surface area contributed by atoms with Crippen LogP contribution in [0.3, 0.4) is 0 Å². The summed E-state index contributed by atoms with van der Waals surface area (Å²) in [6.45, 7) is 0.940. The van der Waals surface area contributed by atoms with Gasteiger partial charge in [-0.25, -0.2) is 13.2 Å². The summed E-state index contributed by atoms with van der Waals surface area (Å²) >= 11 is 1.79. The number of benzene rings is 2. The van der Waals surface area contributed by atoms with E-state index in [4.69, 9.17) is 4.42 Å². The van der Waals surface area contributed by atoms with Gasteiger partial charge in [-0.2, -0.15) is 16.1 Å². The smallest absolute Gasteiger partial charge is 0.408 e. The molecule has 1 aliphatic rings. The highest BCUT2D eigenvalue weighted by molar-refractivity contribution is 7.99. The minimum atomic E-state index is -3.63. The van der Waals surface area contributed by atoms with E-state index in [-0.39, 0.29) is 4.90 Å². The van der Waals surface area contributed by atoms with Gasteiger partial charge in [0.2, 0.25) is 10.0 Å². The Morgan fingerprint density at radius 2 is 1.89 bits per heavy atom. The topological polar surface area (TPSA) is 72.5 Å². The second-order valence-corrected chi connectivity index (χ2v) is 9.77. The maximum atomic E-state index is 13.1. The first-order chi connectivity index (χ1) is 13.0. The summed E-state index contributed by atoms with van der Waals surface area (Å²) in [6, 6.07) is 14.8. The van der Waals surface area contributed by atoms with Gasteiger partial charge < -0.3 is 4.42 Å². The van der Waals surface area contributed by atoms with Gasteiger partial charge in [0.1, 0.15) is 0 Å². The molecule has 2 heterocycles. The molecule has 0 bridgehead atoms. The van der Waals surface area contributed by atoms with Crippen molar-refractivity contribution in [1.82, 2.24) is 8.87 Å². The van der Waals surface area contributed by atoms with Crippen LogP contribution in [-0.2, 0) is 17.1 Å². The normalized spacial score (nSPS) is 19.2. The van der Waals surface area contributed by atoms with Gasteiger partial charge in [-0.3, -0.25) is 4.57 Å². The van der Waals surface area contributed by atoms with Crippen LogP contribution in [0.1, 0.15) is 17.2 Å². The molecule has 27 heavy (non-hydrogen) atoms. The number of fused-ring (bicyclic) bond motifs is 1. The van der Waals surface area contributed by atoms with Gasteiger partial charge in [-0.05, 0) is 30.2 Å². The van der Waals surface area contributed by atoms with Gasteiger partial charge in [0, 0.05) is 31.1 Å². The number of oxazole rings is 1. The molecular formula is C19H20N2O4S2. The van der Waals surface area contributed by atoms with E-state index >= 15 is 0 Å². The van der Waals surface area contributed by atoms with Gasteiger partial charge in [0.25, 0.3) is 0 Å². The summed E-state index contributed by atoms with van der Waals surface area (Å²) in [7, 11) is -2.06. The molecule has 4 rings (SSSR count). The zero-order chi connectivity index (χ0) is 19.0. The van der Waals surface area contributed by atoms with E-state index in [1.807, 2.05) is 18.2 Å². The van der Waals surface area contributed by atoms with E-state index in [9.17, 15) is 13.2 Å². The van der Waals surface area contributed by atoms with Crippen LogP contribution in [0.25, 0.3) is 11.1 Å². The van der Waals surface area contributed by atoms with E-state index in [1.54, 1.807) is 29.2 Å². The Kier molecular flexibility index (Phi) is 4.88. The van der Waals surface area contributed by atoms with Crippen LogP contribution in [0.15, 0.2) is 62.6 Å². The van der Waals surface area contributed by atoms with Gasteiger partial charge in [0.15, 0.2) is 5.58 Å². The quantitative estimate of drug-likeness (QED) is 0.671. The van der Waals surface area contributed by atoms with Crippen molar-refractivity contribution >= 4 is 32.9 Å². The lowest BCUT2D eigenvalue weighted by atomic mass is 10.1. The molecule has 1 aliphatic heterocycles. The standard InChI is InChI=1S/C19H20N2O4S2/c1-20-16-13-15(7-8-17(16)25-19(20)22)27(23,24)21-10-9-18(26-12-11-21)14-5-3-2-4-6-14/h2-8,13,18H,9-12H2,1H3. The van der Waals surface area contributed by atoms with Crippen molar-refractivity contribution in [2.45, 2.75) is 16.6 Å². The van der Waals surface area contributed by atoms with Crippen LogP contribution in [-0.4, -0.2) is 36.1 Å². The van der Waals surface area contributed by atoms with E-state index in [2.05, 4.69) is 12.1 Å². The maximum Gasteiger partial charge on any atom is 0.419 e. The molecule has 0 radical (unpaired) electrons. The zero-order valence-corrected chi connectivity index (χ0v) is 16.5. The van der Waals surface area contributed by atoms with Crippen LogP contribution >= 0.6 is 11.8 Å². The fourth-order valence-corrected chi connectivity index (χ4v) is 6.16. The fourth-order valence-electron chi connectivity index (χ4n) is 3.34. The lowest BCUT2D eigenvalue weighted by molar-refractivity contribution is 0.428. The van der Waals surface area contributed by atoms with Crippen LogP contribution in [0, 0.1) is 0 Å². The third-order valence-electron chi connectivity index (χ3n) is 4.87. The first-order valence-electron chi connectivity index (χ1n) is 8.73. The van der Waals surface area contributed by atoms with Crippen molar-refractivity contribution < 1.29 is 12.8 Å². The number of hydrogen-bond donors (Lipinski definition) is 0. The monoisotopic (exact) mass is 404 g/mol. The van der Waals surface area contributed by atoms with E-state index in [0.29, 0.717) is 29.4 Å². The average Bonchev–Trinajstić information content (AvgIpc) is 2.86. The molecule has 1 saturated heterocycles. The summed E-state index contributed by atoms with van der Waals surface area (Å²) in [5.74, 6) is 0.238. The molecule has 1 aromatic heterocycles. The van der Waals surface area contributed by atoms with Gasteiger partial charge in [-0.1, -0.05) is 30.3 Å². The number of nitrogens with zero attached hydrogens (tertiary/aromatic N) is 2. The number of aromatic nitrogens is 1. The molecule has 8 heteroatoms. The molecule has 0 amide bonds. The predicted molar refractivity (Wildman–Crippen MR) is 106 cm³/mol. The van der Waals surface area contributed by atoms with Crippen molar-refractivity contribution in [1.29, 1.82) is 0 Å². The van der Waals surface area contributed by atoms with Crippen molar-refractivity contribution in [3.8, 4) is 0 Å². The average molecular weight is 405 g/mol. The minimum Gasteiger partial charge on any atom is -0.408 e. The van der Waals surface area contributed by atoms with Crippen LogP contribution in [0.4, 0.5) is 0 Å². The zero-order valence-electron chi connectivity index (χ0n) is 14.9. The van der Waals surface area contributed by atoms with Crippen molar-refractivity contribution in [3.05, 3.63) is 64.6 Å². The molecule has 142 valence electrons. The number of hydrogen-bond acceptors (Lipinski definition) is 5. The number of thioether (sulfide) groups is 1. The summed E-state index contributed by atoms with van der Waals surface area (Å²) in [5, 5.41) is 0.295. The first kappa shape index (κ1) is 18.3. The Balaban J connectivity index is 1.60. The molecule has 2 aromatic carbocycles. The molecule has 0 spiro atoms. The fraction of sp³-hybridized carbons (Fsp3) is 0.316. The van der Waals surface area contributed by atoms with Crippen molar-refractivity contribution in [2.24, 2.45) is 7.05 Å². The van der Waals surface area contributed by atoms with Gasteiger partial charge in [-0.15, -0.1) is 0 Å². The summed E-state index contributed by atoms with van der Waals surface area (Å²) in [5.41, 5.74) is 2.10. The summed E-state index contributed by atoms with van der Waals surface area (Å²) in [4.78, 5) is 11.8. The lowest BCUT2D eigenvalue weighted by Gasteiger charge is -2.20. The Morgan fingerprint density at radius 3 is 2.67 bits per heavy atom. The van der Waals surface area contributed by atoms with Gasteiger partial charge >= 0.3 is 5.76 Å². The maximum absolute atomic E-state index is 13.1. The molecule has 1 unspecified atom stereocenters. The Morgan fingerprint density at radius 1 is 1.11 bits per heavy atom.